The zero-order valence-electron chi connectivity index (χ0n) is 9.13. The highest BCUT2D eigenvalue weighted by Crippen LogP contribution is 2.26. The van der Waals surface area contributed by atoms with Crippen LogP contribution in [0.15, 0.2) is 48.8 Å². The van der Waals surface area contributed by atoms with Gasteiger partial charge in [-0.1, -0.05) is 30.3 Å². The van der Waals surface area contributed by atoms with E-state index in [2.05, 4.69) is 4.98 Å². The molecule has 0 bridgehead atoms. The Bertz CT molecular complexity index is 456. The van der Waals surface area contributed by atoms with E-state index in [4.69, 9.17) is 10.5 Å². The summed E-state index contributed by atoms with van der Waals surface area (Å²) in [5.74, 6) is 0.721. The molecule has 16 heavy (non-hydrogen) atoms. The van der Waals surface area contributed by atoms with E-state index in [-0.39, 0.29) is 6.04 Å². The number of nitrogens with zero attached hydrogens (tertiary/aromatic N) is 1. The van der Waals surface area contributed by atoms with Gasteiger partial charge in [0.1, 0.15) is 5.75 Å². The van der Waals surface area contributed by atoms with Crippen LogP contribution in [0.1, 0.15) is 17.2 Å². The molecule has 1 unspecified atom stereocenters. The molecule has 0 radical (unpaired) electrons. The maximum absolute atomic E-state index is 6.18. The lowest BCUT2D eigenvalue weighted by atomic mass is 10.00. The summed E-state index contributed by atoms with van der Waals surface area (Å²) in [4.78, 5) is 4.01. The van der Waals surface area contributed by atoms with Crippen molar-refractivity contribution < 1.29 is 4.74 Å². The van der Waals surface area contributed by atoms with E-state index in [1.54, 1.807) is 19.5 Å². The van der Waals surface area contributed by atoms with Gasteiger partial charge in [0.15, 0.2) is 0 Å². The number of hydrogen-bond donors (Lipinski definition) is 1. The smallest absolute Gasteiger partial charge is 0.142 e. The predicted octanol–water partition coefficient (Wildman–Crippen LogP) is 2.14. The van der Waals surface area contributed by atoms with Gasteiger partial charge in [-0.15, -0.1) is 0 Å². The number of aromatic nitrogens is 1. The van der Waals surface area contributed by atoms with Crippen LogP contribution in [-0.2, 0) is 0 Å². The molecule has 0 saturated heterocycles. The lowest BCUT2D eigenvalue weighted by Crippen LogP contribution is -2.13. The molecule has 0 amide bonds. The second-order valence-electron chi connectivity index (χ2n) is 3.51. The molecule has 0 aliphatic heterocycles. The fourth-order valence-corrected chi connectivity index (χ4v) is 1.66. The summed E-state index contributed by atoms with van der Waals surface area (Å²) >= 11 is 0. The van der Waals surface area contributed by atoms with Crippen LogP contribution in [0, 0.1) is 0 Å². The number of ether oxygens (including phenoxy) is 1. The lowest BCUT2D eigenvalue weighted by Gasteiger charge is -2.15. The van der Waals surface area contributed by atoms with Crippen LogP contribution in [0.2, 0.25) is 0 Å². The molecular weight excluding hydrogens is 200 g/mol. The second kappa shape index (κ2) is 4.77. The maximum Gasteiger partial charge on any atom is 0.142 e. The summed E-state index contributed by atoms with van der Waals surface area (Å²) in [6.07, 6.45) is 3.40. The monoisotopic (exact) mass is 214 g/mol. The zero-order valence-corrected chi connectivity index (χ0v) is 9.13. The third-order valence-electron chi connectivity index (χ3n) is 2.53. The van der Waals surface area contributed by atoms with Gasteiger partial charge in [0.25, 0.3) is 0 Å². The van der Waals surface area contributed by atoms with Crippen molar-refractivity contribution in [3.63, 3.8) is 0 Å². The Morgan fingerprint density at radius 1 is 1.19 bits per heavy atom. The van der Waals surface area contributed by atoms with Crippen LogP contribution < -0.4 is 10.5 Å². The average molecular weight is 214 g/mol. The molecule has 2 N–H and O–H groups in total. The molecule has 82 valence electrons. The molecule has 0 aliphatic rings. The maximum atomic E-state index is 6.18. The summed E-state index contributed by atoms with van der Waals surface area (Å²) in [6.45, 7) is 0. The van der Waals surface area contributed by atoms with Crippen LogP contribution in [0.4, 0.5) is 0 Å². The Balaban J connectivity index is 2.37. The van der Waals surface area contributed by atoms with Crippen LogP contribution in [-0.4, -0.2) is 12.1 Å². The van der Waals surface area contributed by atoms with E-state index in [0.29, 0.717) is 0 Å². The molecule has 1 atom stereocenters. The van der Waals surface area contributed by atoms with Crippen molar-refractivity contribution in [3.05, 3.63) is 59.9 Å². The first-order valence-electron chi connectivity index (χ1n) is 5.11. The third kappa shape index (κ3) is 2.04. The Hall–Kier alpha value is -1.87. The second-order valence-corrected chi connectivity index (χ2v) is 3.51. The van der Waals surface area contributed by atoms with E-state index >= 15 is 0 Å². The molecule has 0 spiro atoms. The average Bonchev–Trinajstić information content (AvgIpc) is 2.39. The highest BCUT2D eigenvalue weighted by Gasteiger charge is 2.12. The summed E-state index contributed by atoms with van der Waals surface area (Å²) < 4.78 is 5.25. The fraction of sp³-hybridized carbons (Fsp3) is 0.154. The van der Waals surface area contributed by atoms with Gasteiger partial charge >= 0.3 is 0 Å². The van der Waals surface area contributed by atoms with Crippen molar-refractivity contribution in [3.8, 4) is 5.75 Å². The van der Waals surface area contributed by atoms with Crippen molar-refractivity contribution in [2.24, 2.45) is 5.73 Å². The third-order valence-corrected chi connectivity index (χ3v) is 2.53. The molecule has 1 heterocycles. The number of hydrogen-bond acceptors (Lipinski definition) is 3. The molecule has 3 nitrogen and oxygen atoms in total. The summed E-state index contributed by atoms with van der Waals surface area (Å²) in [6, 6.07) is 11.6. The fourth-order valence-electron chi connectivity index (χ4n) is 1.66. The van der Waals surface area contributed by atoms with Gasteiger partial charge < -0.3 is 10.5 Å². The number of pyridine rings is 1. The van der Waals surface area contributed by atoms with Crippen LogP contribution in [0.3, 0.4) is 0 Å². The molecular formula is C13H14N2O. The summed E-state index contributed by atoms with van der Waals surface area (Å²) in [5.41, 5.74) is 8.19. The van der Waals surface area contributed by atoms with Crippen molar-refractivity contribution >= 4 is 0 Å². The molecule has 1 aromatic heterocycles. The van der Waals surface area contributed by atoms with Crippen molar-refractivity contribution in [1.82, 2.24) is 4.98 Å². The topological polar surface area (TPSA) is 48.1 Å². The van der Waals surface area contributed by atoms with Gasteiger partial charge in [-0.05, 0) is 11.6 Å². The molecule has 0 fully saturated rings. The van der Waals surface area contributed by atoms with Crippen molar-refractivity contribution in [2.75, 3.05) is 7.11 Å². The van der Waals surface area contributed by atoms with Crippen LogP contribution in [0.5, 0.6) is 5.75 Å². The van der Waals surface area contributed by atoms with Gasteiger partial charge in [0, 0.05) is 11.8 Å². The van der Waals surface area contributed by atoms with E-state index in [1.807, 2.05) is 36.4 Å². The van der Waals surface area contributed by atoms with Crippen LogP contribution in [0.25, 0.3) is 0 Å². The molecule has 3 heteroatoms. The zero-order chi connectivity index (χ0) is 11.4. The number of methoxy groups -OCH3 is 1. The highest BCUT2D eigenvalue weighted by atomic mass is 16.5. The normalized spacial score (nSPS) is 12.1. The summed E-state index contributed by atoms with van der Waals surface area (Å²) in [5, 5.41) is 0. The quantitative estimate of drug-likeness (QED) is 0.851. The van der Waals surface area contributed by atoms with E-state index < -0.39 is 0 Å². The molecule has 1 aromatic carbocycles. The number of rotatable bonds is 3. The van der Waals surface area contributed by atoms with E-state index in [0.717, 1.165) is 16.9 Å². The van der Waals surface area contributed by atoms with Crippen molar-refractivity contribution in [1.29, 1.82) is 0 Å². The van der Waals surface area contributed by atoms with E-state index in [1.165, 1.54) is 0 Å². The van der Waals surface area contributed by atoms with Gasteiger partial charge in [-0.25, -0.2) is 0 Å². The largest absolute Gasteiger partial charge is 0.495 e. The molecule has 0 saturated carbocycles. The number of nitrogens with two attached hydrogens (primary N) is 1. The van der Waals surface area contributed by atoms with Gasteiger partial charge in [-0.3, -0.25) is 4.98 Å². The minimum Gasteiger partial charge on any atom is -0.495 e. The SMILES string of the molecule is COc1cnccc1C(N)c1ccccc1. The van der Waals surface area contributed by atoms with Gasteiger partial charge in [0.05, 0.1) is 19.3 Å². The standard InChI is InChI=1S/C13H14N2O/c1-16-12-9-15-8-7-11(12)13(14)10-5-3-2-4-6-10/h2-9,13H,14H2,1H3. The first-order valence-corrected chi connectivity index (χ1v) is 5.11. The van der Waals surface area contributed by atoms with E-state index in [9.17, 15) is 0 Å². The predicted molar refractivity (Wildman–Crippen MR) is 63.3 cm³/mol. The van der Waals surface area contributed by atoms with Gasteiger partial charge in [-0.2, -0.15) is 0 Å². The Morgan fingerprint density at radius 2 is 1.94 bits per heavy atom. The minimum absolute atomic E-state index is 0.181. The minimum atomic E-state index is -0.181. The molecule has 2 aromatic rings. The Kier molecular flexibility index (Phi) is 3.17. The number of benzene rings is 1. The molecule has 0 aliphatic carbocycles. The molecule has 2 rings (SSSR count). The first kappa shape index (κ1) is 10.6. The Morgan fingerprint density at radius 3 is 2.62 bits per heavy atom. The van der Waals surface area contributed by atoms with Crippen LogP contribution >= 0.6 is 0 Å². The van der Waals surface area contributed by atoms with Gasteiger partial charge in [0.2, 0.25) is 0 Å². The summed E-state index contributed by atoms with van der Waals surface area (Å²) in [7, 11) is 1.62. The highest BCUT2D eigenvalue weighted by molar-refractivity contribution is 5.39. The Labute approximate surface area is 94.9 Å². The first-order chi connectivity index (χ1) is 7.83. The lowest BCUT2D eigenvalue weighted by molar-refractivity contribution is 0.406. The van der Waals surface area contributed by atoms with Crippen molar-refractivity contribution in [2.45, 2.75) is 6.04 Å².